The fourth-order valence-corrected chi connectivity index (χ4v) is 2.71. The van der Waals surface area contributed by atoms with Crippen molar-refractivity contribution in [2.45, 2.75) is 25.4 Å². The lowest BCUT2D eigenvalue weighted by Crippen LogP contribution is -2.38. The average molecular weight is 291 g/mol. The Kier molecular flexibility index (Phi) is 6.12. The Bertz CT molecular complexity index is 495. The third-order valence-electron chi connectivity index (χ3n) is 3.84. The summed E-state index contributed by atoms with van der Waals surface area (Å²) >= 11 is 0. The molecule has 0 amide bonds. The van der Waals surface area contributed by atoms with Crippen LogP contribution in [-0.2, 0) is 11.3 Å². The number of hydrogen-bond acceptors (Lipinski definition) is 4. The lowest BCUT2D eigenvalue weighted by molar-refractivity contribution is 0.138. The summed E-state index contributed by atoms with van der Waals surface area (Å²) in [6, 6.07) is 6.99. The van der Waals surface area contributed by atoms with Crippen molar-refractivity contribution in [1.29, 1.82) is 5.26 Å². The summed E-state index contributed by atoms with van der Waals surface area (Å²) in [5.74, 6) is -0.365. The number of halogens is 1. The number of nitriles is 1. The van der Waals surface area contributed by atoms with Gasteiger partial charge in [0.2, 0.25) is 0 Å². The Hall–Kier alpha value is -1.48. The Morgan fingerprint density at radius 1 is 1.52 bits per heavy atom. The van der Waals surface area contributed by atoms with Gasteiger partial charge in [0.05, 0.1) is 18.2 Å². The molecule has 1 N–H and O–H groups in total. The van der Waals surface area contributed by atoms with E-state index in [4.69, 9.17) is 10.00 Å². The van der Waals surface area contributed by atoms with Gasteiger partial charge < -0.3 is 10.1 Å². The minimum atomic E-state index is -0.365. The molecule has 1 fully saturated rings. The summed E-state index contributed by atoms with van der Waals surface area (Å²) in [6.45, 7) is 4.09. The molecule has 1 aliphatic rings. The second-order valence-electron chi connectivity index (χ2n) is 5.43. The molecule has 0 aromatic heterocycles. The van der Waals surface area contributed by atoms with Crippen molar-refractivity contribution in [3.8, 4) is 6.07 Å². The third kappa shape index (κ3) is 4.78. The standard InChI is InChI=1S/C16H22FN3O/c1-21-8-7-20(12-16-3-2-6-19-16)11-13-4-5-15(17)9-14(13)10-18/h4-5,9,16,19H,2-3,6-8,11-12H2,1H3. The highest BCUT2D eigenvalue weighted by Crippen LogP contribution is 2.15. The van der Waals surface area contributed by atoms with Crippen LogP contribution in [0.2, 0.25) is 0 Å². The van der Waals surface area contributed by atoms with E-state index in [1.807, 2.05) is 0 Å². The van der Waals surface area contributed by atoms with Crippen LogP contribution in [0.3, 0.4) is 0 Å². The monoisotopic (exact) mass is 291 g/mol. The van der Waals surface area contributed by atoms with E-state index < -0.39 is 0 Å². The molecule has 0 radical (unpaired) electrons. The van der Waals surface area contributed by atoms with Gasteiger partial charge in [0.15, 0.2) is 0 Å². The van der Waals surface area contributed by atoms with Crippen molar-refractivity contribution in [1.82, 2.24) is 10.2 Å². The molecular weight excluding hydrogens is 269 g/mol. The second-order valence-corrected chi connectivity index (χ2v) is 5.43. The number of ether oxygens (including phenoxy) is 1. The van der Waals surface area contributed by atoms with E-state index in [-0.39, 0.29) is 5.82 Å². The molecule has 1 atom stereocenters. The zero-order chi connectivity index (χ0) is 15.1. The van der Waals surface area contributed by atoms with E-state index in [1.54, 1.807) is 13.2 Å². The first kappa shape index (κ1) is 15.9. The van der Waals surface area contributed by atoms with Crippen LogP contribution in [0, 0.1) is 17.1 Å². The van der Waals surface area contributed by atoms with E-state index in [0.29, 0.717) is 24.8 Å². The second kappa shape index (κ2) is 8.08. The van der Waals surface area contributed by atoms with E-state index in [1.165, 1.54) is 25.0 Å². The topological polar surface area (TPSA) is 48.3 Å². The van der Waals surface area contributed by atoms with Gasteiger partial charge in [-0.05, 0) is 37.1 Å². The first-order chi connectivity index (χ1) is 10.2. The van der Waals surface area contributed by atoms with Gasteiger partial charge in [-0.25, -0.2) is 4.39 Å². The van der Waals surface area contributed by atoms with Gasteiger partial charge in [0.1, 0.15) is 5.82 Å². The van der Waals surface area contributed by atoms with Crippen molar-refractivity contribution in [3.63, 3.8) is 0 Å². The number of nitrogens with one attached hydrogen (secondary N) is 1. The first-order valence-electron chi connectivity index (χ1n) is 7.36. The zero-order valence-corrected chi connectivity index (χ0v) is 12.4. The molecule has 1 unspecified atom stereocenters. The van der Waals surface area contributed by atoms with Crippen LogP contribution in [0.15, 0.2) is 18.2 Å². The molecule has 0 spiro atoms. The zero-order valence-electron chi connectivity index (χ0n) is 12.4. The summed E-state index contributed by atoms with van der Waals surface area (Å²) in [6.07, 6.45) is 2.39. The van der Waals surface area contributed by atoms with Crippen LogP contribution in [0.1, 0.15) is 24.0 Å². The predicted molar refractivity (Wildman–Crippen MR) is 79.3 cm³/mol. The molecule has 5 heteroatoms. The van der Waals surface area contributed by atoms with E-state index in [0.717, 1.165) is 25.2 Å². The van der Waals surface area contributed by atoms with Gasteiger partial charge >= 0.3 is 0 Å². The number of hydrogen-bond donors (Lipinski definition) is 1. The highest BCUT2D eigenvalue weighted by atomic mass is 19.1. The summed E-state index contributed by atoms with van der Waals surface area (Å²) in [5.41, 5.74) is 1.28. The number of benzene rings is 1. The quantitative estimate of drug-likeness (QED) is 0.833. The first-order valence-corrected chi connectivity index (χ1v) is 7.36. The number of rotatable bonds is 7. The van der Waals surface area contributed by atoms with E-state index in [9.17, 15) is 4.39 Å². The maximum Gasteiger partial charge on any atom is 0.124 e. The van der Waals surface area contributed by atoms with E-state index in [2.05, 4.69) is 16.3 Å². The fourth-order valence-electron chi connectivity index (χ4n) is 2.71. The minimum absolute atomic E-state index is 0.365. The molecule has 1 saturated heterocycles. The maximum atomic E-state index is 13.2. The van der Waals surface area contributed by atoms with Crippen LogP contribution >= 0.6 is 0 Å². The van der Waals surface area contributed by atoms with Crippen molar-refractivity contribution in [3.05, 3.63) is 35.1 Å². The van der Waals surface area contributed by atoms with Crippen LogP contribution in [0.5, 0.6) is 0 Å². The molecule has 1 aromatic rings. The van der Waals surface area contributed by atoms with Crippen molar-refractivity contribution in [2.75, 3.05) is 33.4 Å². The molecule has 2 rings (SSSR count). The van der Waals surface area contributed by atoms with E-state index >= 15 is 0 Å². The Morgan fingerprint density at radius 3 is 3.05 bits per heavy atom. The highest BCUT2D eigenvalue weighted by Gasteiger charge is 2.18. The van der Waals surface area contributed by atoms with Gasteiger partial charge in [-0.1, -0.05) is 6.07 Å². The van der Waals surface area contributed by atoms with Crippen molar-refractivity contribution in [2.24, 2.45) is 0 Å². The molecule has 1 aliphatic heterocycles. The number of nitrogens with zero attached hydrogens (tertiary/aromatic N) is 2. The van der Waals surface area contributed by atoms with Crippen LogP contribution in [0.25, 0.3) is 0 Å². The molecule has 4 nitrogen and oxygen atoms in total. The molecule has 114 valence electrons. The largest absolute Gasteiger partial charge is 0.383 e. The predicted octanol–water partition coefficient (Wildman–Crippen LogP) is 1.90. The molecule has 1 heterocycles. The fraction of sp³-hybridized carbons (Fsp3) is 0.562. The van der Waals surface area contributed by atoms with Crippen LogP contribution < -0.4 is 5.32 Å². The Morgan fingerprint density at radius 2 is 2.38 bits per heavy atom. The normalized spacial score (nSPS) is 18.1. The smallest absolute Gasteiger partial charge is 0.124 e. The average Bonchev–Trinajstić information content (AvgIpc) is 2.99. The SMILES string of the molecule is COCCN(Cc1ccc(F)cc1C#N)CC1CCCN1. The summed E-state index contributed by atoms with van der Waals surface area (Å²) in [5, 5.41) is 12.6. The molecule has 1 aromatic carbocycles. The van der Waals surface area contributed by atoms with Gasteiger partial charge in [0, 0.05) is 32.8 Å². The van der Waals surface area contributed by atoms with Crippen molar-refractivity contribution < 1.29 is 9.13 Å². The lowest BCUT2D eigenvalue weighted by Gasteiger charge is -2.25. The van der Waals surface area contributed by atoms with Crippen LogP contribution in [0.4, 0.5) is 4.39 Å². The molecule has 21 heavy (non-hydrogen) atoms. The van der Waals surface area contributed by atoms with Gasteiger partial charge in [-0.2, -0.15) is 5.26 Å². The summed E-state index contributed by atoms with van der Waals surface area (Å²) < 4.78 is 18.4. The molecule has 0 bridgehead atoms. The van der Waals surface area contributed by atoms with Gasteiger partial charge in [0.25, 0.3) is 0 Å². The summed E-state index contributed by atoms with van der Waals surface area (Å²) in [4.78, 5) is 2.26. The Balaban J connectivity index is 2.04. The maximum absolute atomic E-state index is 13.2. The number of methoxy groups -OCH3 is 1. The third-order valence-corrected chi connectivity index (χ3v) is 3.84. The Labute approximate surface area is 125 Å². The molecule has 0 saturated carbocycles. The highest BCUT2D eigenvalue weighted by molar-refractivity contribution is 5.37. The lowest BCUT2D eigenvalue weighted by atomic mass is 10.1. The summed E-state index contributed by atoms with van der Waals surface area (Å²) in [7, 11) is 1.69. The van der Waals surface area contributed by atoms with Crippen molar-refractivity contribution >= 4 is 0 Å². The molecular formula is C16H22FN3O. The van der Waals surface area contributed by atoms with Gasteiger partial charge in [-0.3, -0.25) is 4.90 Å². The minimum Gasteiger partial charge on any atom is -0.383 e. The molecule has 0 aliphatic carbocycles. The van der Waals surface area contributed by atoms with Gasteiger partial charge in [-0.15, -0.1) is 0 Å². The van der Waals surface area contributed by atoms with Crippen LogP contribution in [-0.4, -0.2) is 44.3 Å².